The van der Waals surface area contributed by atoms with Gasteiger partial charge >= 0.3 is 5.97 Å². The summed E-state index contributed by atoms with van der Waals surface area (Å²) in [6.45, 7) is 2.76. The van der Waals surface area contributed by atoms with E-state index >= 15 is 0 Å². The van der Waals surface area contributed by atoms with Gasteiger partial charge < -0.3 is 19.5 Å². The predicted octanol–water partition coefficient (Wildman–Crippen LogP) is 4.73. The number of rotatable bonds is 9. The van der Waals surface area contributed by atoms with Crippen molar-refractivity contribution < 1.29 is 19.0 Å². The molecule has 0 heterocycles. The van der Waals surface area contributed by atoms with E-state index in [1.54, 1.807) is 6.08 Å². The Balaban J connectivity index is 2.44. The molecule has 0 aliphatic heterocycles. The Kier molecular flexibility index (Phi) is 7.74. The van der Waals surface area contributed by atoms with Crippen LogP contribution in [0.1, 0.15) is 25.3 Å². The van der Waals surface area contributed by atoms with E-state index in [4.69, 9.17) is 14.2 Å². The molecule has 0 aromatic heterocycles. The second-order valence-corrected chi connectivity index (χ2v) is 5.99. The maximum atomic E-state index is 11.7. The lowest BCUT2D eigenvalue weighted by molar-refractivity contribution is -0.139. The molecule has 2 aromatic rings. The highest BCUT2D eigenvalue weighted by molar-refractivity contribution is 5.91. The Morgan fingerprint density at radius 2 is 1.93 bits per heavy atom. The number of hydrogen-bond donors (Lipinski definition) is 1. The van der Waals surface area contributed by atoms with E-state index in [-0.39, 0.29) is 5.76 Å². The molecule has 0 amide bonds. The van der Waals surface area contributed by atoms with Crippen LogP contribution in [0.3, 0.4) is 0 Å². The lowest BCUT2D eigenvalue weighted by atomic mass is 10.0. The third-order valence-electron chi connectivity index (χ3n) is 4.13. The van der Waals surface area contributed by atoms with Gasteiger partial charge in [0.1, 0.15) is 5.75 Å². The van der Waals surface area contributed by atoms with Gasteiger partial charge in [0, 0.05) is 18.3 Å². The van der Waals surface area contributed by atoms with Crippen molar-refractivity contribution in [1.29, 1.82) is 0 Å². The molecular formula is C22H27NO4. The SMILES string of the molecule is CCCCOc1cc(C=C(OC)C(=O)OC)ccc1-c1cccc(NC)c1. The largest absolute Gasteiger partial charge is 0.493 e. The summed E-state index contributed by atoms with van der Waals surface area (Å²) in [5, 5.41) is 3.15. The van der Waals surface area contributed by atoms with Crippen molar-refractivity contribution in [1.82, 2.24) is 0 Å². The average Bonchev–Trinajstić information content (AvgIpc) is 2.71. The van der Waals surface area contributed by atoms with E-state index < -0.39 is 5.97 Å². The van der Waals surface area contributed by atoms with E-state index in [2.05, 4.69) is 18.3 Å². The number of nitrogens with one attached hydrogen (secondary N) is 1. The Morgan fingerprint density at radius 3 is 2.59 bits per heavy atom. The van der Waals surface area contributed by atoms with Crippen molar-refractivity contribution in [2.75, 3.05) is 33.2 Å². The maximum Gasteiger partial charge on any atom is 0.373 e. The molecule has 0 bridgehead atoms. The van der Waals surface area contributed by atoms with E-state index in [0.717, 1.165) is 41.0 Å². The van der Waals surface area contributed by atoms with Crippen LogP contribution in [0.5, 0.6) is 5.75 Å². The molecule has 2 rings (SSSR count). The first-order chi connectivity index (χ1) is 13.1. The van der Waals surface area contributed by atoms with Crippen LogP contribution >= 0.6 is 0 Å². The molecule has 0 atom stereocenters. The van der Waals surface area contributed by atoms with Crippen LogP contribution in [0.25, 0.3) is 17.2 Å². The van der Waals surface area contributed by atoms with Crippen LogP contribution in [0.4, 0.5) is 5.69 Å². The lowest BCUT2D eigenvalue weighted by Crippen LogP contribution is -2.06. The fraction of sp³-hybridized carbons (Fsp3) is 0.318. The lowest BCUT2D eigenvalue weighted by Gasteiger charge is -2.14. The van der Waals surface area contributed by atoms with Gasteiger partial charge in [0.15, 0.2) is 0 Å². The first-order valence-corrected chi connectivity index (χ1v) is 9.02. The number of methoxy groups -OCH3 is 2. The Morgan fingerprint density at radius 1 is 1.11 bits per heavy atom. The molecule has 0 fully saturated rings. The van der Waals surface area contributed by atoms with Gasteiger partial charge in [0.25, 0.3) is 0 Å². The van der Waals surface area contributed by atoms with Gasteiger partial charge in [-0.25, -0.2) is 4.79 Å². The number of carbonyl (C=O) groups excluding carboxylic acids is 1. The zero-order chi connectivity index (χ0) is 19.6. The quantitative estimate of drug-likeness (QED) is 0.300. The van der Waals surface area contributed by atoms with Gasteiger partial charge in [-0.15, -0.1) is 0 Å². The van der Waals surface area contributed by atoms with Crippen molar-refractivity contribution in [2.24, 2.45) is 0 Å². The second kappa shape index (κ2) is 10.3. The molecule has 2 aromatic carbocycles. The highest BCUT2D eigenvalue weighted by Gasteiger charge is 2.12. The van der Waals surface area contributed by atoms with Crippen molar-refractivity contribution in [3.05, 3.63) is 53.8 Å². The second-order valence-electron chi connectivity index (χ2n) is 5.99. The molecule has 27 heavy (non-hydrogen) atoms. The Labute approximate surface area is 161 Å². The molecule has 0 aliphatic carbocycles. The van der Waals surface area contributed by atoms with Gasteiger partial charge in [-0.3, -0.25) is 0 Å². The van der Waals surface area contributed by atoms with Gasteiger partial charge in [0.05, 0.1) is 20.8 Å². The summed E-state index contributed by atoms with van der Waals surface area (Å²) in [6.07, 6.45) is 3.67. The van der Waals surface area contributed by atoms with Crippen LogP contribution in [-0.2, 0) is 14.3 Å². The Hall–Kier alpha value is -2.95. The van der Waals surface area contributed by atoms with E-state index in [1.807, 2.05) is 43.4 Å². The number of ether oxygens (including phenoxy) is 3. The van der Waals surface area contributed by atoms with Crippen LogP contribution in [0.2, 0.25) is 0 Å². The number of anilines is 1. The summed E-state index contributed by atoms with van der Waals surface area (Å²) in [4.78, 5) is 11.7. The Bertz CT molecular complexity index is 799. The number of benzene rings is 2. The van der Waals surface area contributed by atoms with Crippen LogP contribution < -0.4 is 10.1 Å². The van der Waals surface area contributed by atoms with E-state index in [1.165, 1.54) is 14.2 Å². The summed E-state index contributed by atoms with van der Waals surface area (Å²) >= 11 is 0. The standard InChI is InChI=1S/C22H27NO4/c1-5-6-12-27-20-13-16(14-21(25-3)22(24)26-4)10-11-19(20)17-8-7-9-18(15-17)23-2/h7-11,13-15,23H,5-6,12H2,1-4H3. The third kappa shape index (κ3) is 5.51. The predicted molar refractivity (Wildman–Crippen MR) is 109 cm³/mol. The molecule has 0 saturated carbocycles. The molecular weight excluding hydrogens is 342 g/mol. The molecule has 0 unspecified atom stereocenters. The molecule has 0 radical (unpaired) electrons. The summed E-state index contributed by atoms with van der Waals surface area (Å²) in [5.74, 6) is 0.393. The van der Waals surface area contributed by atoms with Crippen molar-refractivity contribution >= 4 is 17.7 Å². The normalized spacial score (nSPS) is 11.0. The molecule has 0 spiro atoms. The maximum absolute atomic E-state index is 11.7. The minimum atomic E-state index is -0.517. The highest BCUT2D eigenvalue weighted by atomic mass is 16.6. The smallest absolute Gasteiger partial charge is 0.373 e. The van der Waals surface area contributed by atoms with Crippen LogP contribution in [0.15, 0.2) is 48.2 Å². The van der Waals surface area contributed by atoms with Crippen molar-refractivity contribution in [3.8, 4) is 16.9 Å². The average molecular weight is 369 g/mol. The van der Waals surface area contributed by atoms with Crippen LogP contribution in [0, 0.1) is 0 Å². The van der Waals surface area contributed by atoms with E-state index in [0.29, 0.717) is 6.61 Å². The summed E-state index contributed by atoms with van der Waals surface area (Å²) in [5.41, 5.74) is 3.89. The van der Waals surface area contributed by atoms with Crippen LogP contribution in [-0.4, -0.2) is 33.8 Å². The molecule has 5 heteroatoms. The number of unbranched alkanes of at least 4 members (excludes halogenated alkanes) is 1. The van der Waals surface area contributed by atoms with Crippen molar-refractivity contribution in [3.63, 3.8) is 0 Å². The number of hydrogen-bond acceptors (Lipinski definition) is 5. The van der Waals surface area contributed by atoms with Gasteiger partial charge in [-0.2, -0.15) is 0 Å². The fourth-order valence-electron chi connectivity index (χ4n) is 2.61. The monoisotopic (exact) mass is 369 g/mol. The zero-order valence-corrected chi connectivity index (χ0v) is 16.4. The molecule has 144 valence electrons. The van der Waals surface area contributed by atoms with Gasteiger partial charge in [0.2, 0.25) is 5.76 Å². The fourth-order valence-corrected chi connectivity index (χ4v) is 2.61. The molecule has 1 N–H and O–H groups in total. The van der Waals surface area contributed by atoms with Gasteiger partial charge in [-0.1, -0.05) is 37.6 Å². The molecule has 0 aliphatic rings. The molecule has 0 saturated heterocycles. The minimum Gasteiger partial charge on any atom is -0.493 e. The number of carbonyl (C=O) groups is 1. The number of esters is 1. The highest BCUT2D eigenvalue weighted by Crippen LogP contribution is 2.33. The summed E-state index contributed by atoms with van der Waals surface area (Å²) in [7, 11) is 4.66. The summed E-state index contributed by atoms with van der Waals surface area (Å²) in [6, 6.07) is 14.0. The molecule has 5 nitrogen and oxygen atoms in total. The van der Waals surface area contributed by atoms with E-state index in [9.17, 15) is 4.79 Å². The third-order valence-corrected chi connectivity index (χ3v) is 4.13. The topological polar surface area (TPSA) is 56.8 Å². The minimum absolute atomic E-state index is 0.141. The summed E-state index contributed by atoms with van der Waals surface area (Å²) < 4.78 is 15.9. The first-order valence-electron chi connectivity index (χ1n) is 9.02. The zero-order valence-electron chi connectivity index (χ0n) is 16.4. The van der Waals surface area contributed by atoms with Gasteiger partial charge in [-0.05, 0) is 41.8 Å². The first kappa shape index (κ1) is 20.4. The van der Waals surface area contributed by atoms with Crippen molar-refractivity contribution in [2.45, 2.75) is 19.8 Å².